The third-order valence-corrected chi connectivity index (χ3v) is 5.97. The number of aromatic nitrogens is 1. The van der Waals surface area contributed by atoms with E-state index in [0.29, 0.717) is 22.3 Å². The first-order valence-electron chi connectivity index (χ1n) is 11.3. The molecule has 1 unspecified atom stereocenters. The first-order valence-corrected chi connectivity index (χ1v) is 12.1. The van der Waals surface area contributed by atoms with Gasteiger partial charge in [-0.1, -0.05) is 30.3 Å². The van der Waals surface area contributed by atoms with Crippen molar-refractivity contribution in [2.45, 2.75) is 52.8 Å². The molecule has 2 aromatic carbocycles. The largest absolute Gasteiger partial charge is 0.461 e. The quantitative estimate of drug-likeness (QED) is 0.335. The average molecular weight is 544 g/mol. The van der Waals surface area contributed by atoms with Crippen LogP contribution in [0, 0.1) is 0 Å². The van der Waals surface area contributed by atoms with Crippen LogP contribution in [0.5, 0.6) is 0 Å². The molecule has 9 heteroatoms. The highest BCUT2D eigenvalue weighted by atomic mass is 79.9. The van der Waals surface area contributed by atoms with Crippen molar-refractivity contribution in [3.63, 3.8) is 0 Å². The summed E-state index contributed by atoms with van der Waals surface area (Å²) >= 11 is 3.48. The van der Waals surface area contributed by atoms with Crippen LogP contribution in [-0.4, -0.2) is 35.2 Å². The predicted molar refractivity (Wildman–Crippen MR) is 137 cm³/mol. The number of rotatable bonds is 7. The number of hydrogen-bond donors (Lipinski definition) is 3. The first-order chi connectivity index (χ1) is 16.5. The molecule has 186 valence electrons. The molecule has 0 aliphatic carbocycles. The van der Waals surface area contributed by atoms with Gasteiger partial charge in [0, 0.05) is 17.5 Å². The van der Waals surface area contributed by atoms with Crippen LogP contribution in [-0.2, 0) is 16.0 Å². The Kier molecular flexibility index (Phi) is 8.22. The standard InChI is InChI=1S/C26H30BrN3O5/c1-6-34-24(32)22-20(27)19-9-7-8-18(21(19)30-22)15(2)29-23(31)17-12-10-16(11-13-17)14-28-25(33)35-26(3,4)5/h7-13,15,30H,6,14H2,1-5H3,(H,28,33)(H,29,31). The Morgan fingerprint density at radius 2 is 1.77 bits per heavy atom. The Bertz CT molecular complexity index is 1230. The van der Waals surface area contributed by atoms with Gasteiger partial charge in [0.25, 0.3) is 5.91 Å². The van der Waals surface area contributed by atoms with Crippen LogP contribution in [0.1, 0.15) is 72.6 Å². The highest BCUT2D eigenvalue weighted by molar-refractivity contribution is 9.10. The molecular formula is C26H30BrN3O5. The lowest BCUT2D eigenvalue weighted by Crippen LogP contribution is -2.32. The summed E-state index contributed by atoms with van der Waals surface area (Å²) in [4.78, 5) is 40.1. The minimum absolute atomic E-state index is 0.239. The number of carbonyl (C=O) groups excluding carboxylic acids is 3. The molecular weight excluding hydrogens is 514 g/mol. The van der Waals surface area contributed by atoms with Gasteiger partial charge in [-0.3, -0.25) is 4.79 Å². The summed E-state index contributed by atoms with van der Waals surface area (Å²) in [6, 6.07) is 12.3. The Hall–Kier alpha value is -3.33. The number of esters is 1. The molecule has 1 atom stereocenters. The molecule has 0 spiro atoms. The van der Waals surface area contributed by atoms with Gasteiger partial charge >= 0.3 is 12.1 Å². The van der Waals surface area contributed by atoms with E-state index in [0.717, 1.165) is 22.0 Å². The van der Waals surface area contributed by atoms with Crippen LogP contribution >= 0.6 is 15.9 Å². The number of para-hydroxylation sites is 1. The minimum atomic E-state index is -0.566. The molecule has 1 heterocycles. The SMILES string of the molecule is CCOC(=O)c1[nH]c2c(C(C)NC(=O)c3ccc(CNC(=O)OC(C)(C)C)cc3)cccc2c1Br. The van der Waals surface area contributed by atoms with Crippen LogP contribution in [0.4, 0.5) is 4.79 Å². The summed E-state index contributed by atoms with van der Waals surface area (Å²) in [7, 11) is 0. The molecule has 3 N–H and O–H groups in total. The molecule has 0 radical (unpaired) electrons. The summed E-state index contributed by atoms with van der Waals surface area (Å²) in [5.74, 6) is -0.683. The second-order valence-electron chi connectivity index (χ2n) is 9.05. The molecule has 2 amide bonds. The van der Waals surface area contributed by atoms with E-state index in [9.17, 15) is 14.4 Å². The summed E-state index contributed by atoms with van der Waals surface area (Å²) in [5.41, 5.74) is 2.69. The number of amides is 2. The summed E-state index contributed by atoms with van der Waals surface area (Å²) in [6.07, 6.45) is -0.496. The van der Waals surface area contributed by atoms with Crippen LogP contribution in [0.2, 0.25) is 0 Å². The summed E-state index contributed by atoms with van der Waals surface area (Å²) in [6.45, 7) is 9.60. The van der Waals surface area contributed by atoms with Gasteiger partial charge in [-0.05, 0) is 73.8 Å². The molecule has 0 aliphatic heterocycles. The Labute approximate surface area is 212 Å². The minimum Gasteiger partial charge on any atom is -0.461 e. The van der Waals surface area contributed by atoms with E-state index >= 15 is 0 Å². The van der Waals surface area contributed by atoms with Crippen molar-refractivity contribution in [3.8, 4) is 0 Å². The molecule has 35 heavy (non-hydrogen) atoms. The third kappa shape index (κ3) is 6.63. The zero-order chi connectivity index (χ0) is 25.8. The van der Waals surface area contributed by atoms with Crippen LogP contribution in [0.25, 0.3) is 10.9 Å². The number of carbonyl (C=O) groups is 3. The number of benzene rings is 2. The molecule has 0 aliphatic rings. The van der Waals surface area contributed by atoms with Crippen molar-refractivity contribution >= 4 is 44.8 Å². The Morgan fingerprint density at radius 1 is 1.09 bits per heavy atom. The normalized spacial score (nSPS) is 12.2. The predicted octanol–water partition coefficient (Wildman–Crippen LogP) is 5.62. The van der Waals surface area contributed by atoms with Crippen molar-refractivity contribution in [3.05, 3.63) is 69.3 Å². The van der Waals surface area contributed by atoms with Gasteiger partial charge in [-0.25, -0.2) is 9.59 Å². The Morgan fingerprint density at radius 3 is 2.40 bits per heavy atom. The molecule has 8 nitrogen and oxygen atoms in total. The number of H-pyrrole nitrogens is 1. The van der Waals surface area contributed by atoms with Crippen LogP contribution in [0.3, 0.4) is 0 Å². The van der Waals surface area contributed by atoms with E-state index in [-0.39, 0.29) is 18.6 Å². The monoisotopic (exact) mass is 543 g/mol. The number of halogens is 1. The second-order valence-corrected chi connectivity index (χ2v) is 9.84. The summed E-state index contributed by atoms with van der Waals surface area (Å²) < 4.78 is 11.0. The van der Waals surface area contributed by atoms with Gasteiger partial charge in [0.05, 0.1) is 22.6 Å². The van der Waals surface area contributed by atoms with Crippen molar-refractivity contribution < 1.29 is 23.9 Å². The van der Waals surface area contributed by atoms with E-state index in [1.165, 1.54) is 0 Å². The fraction of sp³-hybridized carbons (Fsp3) is 0.346. The Balaban J connectivity index is 1.69. The lowest BCUT2D eigenvalue weighted by molar-refractivity contribution is 0.0511. The molecule has 3 aromatic rings. The zero-order valence-corrected chi connectivity index (χ0v) is 22.0. The maximum atomic E-state index is 12.9. The smallest absolute Gasteiger partial charge is 0.407 e. The fourth-order valence-electron chi connectivity index (χ4n) is 3.53. The van der Waals surface area contributed by atoms with Crippen LogP contribution in [0.15, 0.2) is 46.9 Å². The number of aromatic amines is 1. The lowest BCUT2D eigenvalue weighted by atomic mass is 10.0. The molecule has 0 saturated carbocycles. The zero-order valence-electron chi connectivity index (χ0n) is 20.5. The maximum Gasteiger partial charge on any atom is 0.407 e. The topological polar surface area (TPSA) is 110 Å². The van der Waals surface area contributed by atoms with Crippen molar-refractivity contribution in [1.29, 1.82) is 0 Å². The molecule has 0 fully saturated rings. The average Bonchev–Trinajstić information content (AvgIpc) is 3.13. The number of hydrogen-bond acceptors (Lipinski definition) is 5. The van der Waals surface area contributed by atoms with E-state index < -0.39 is 17.7 Å². The molecule has 1 aromatic heterocycles. The number of fused-ring (bicyclic) bond motifs is 1. The highest BCUT2D eigenvalue weighted by Gasteiger charge is 2.21. The van der Waals surface area contributed by atoms with E-state index in [1.54, 1.807) is 52.0 Å². The van der Waals surface area contributed by atoms with E-state index in [4.69, 9.17) is 9.47 Å². The van der Waals surface area contributed by atoms with Gasteiger partial charge < -0.3 is 25.1 Å². The summed E-state index contributed by atoms with van der Waals surface area (Å²) in [5, 5.41) is 6.53. The lowest BCUT2D eigenvalue weighted by Gasteiger charge is -2.19. The van der Waals surface area contributed by atoms with Gasteiger partial charge in [-0.15, -0.1) is 0 Å². The number of ether oxygens (including phenoxy) is 2. The number of alkyl carbamates (subject to hydrolysis) is 1. The van der Waals surface area contributed by atoms with E-state index in [2.05, 4.69) is 31.5 Å². The third-order valence-electron chi connectivity index (χ3n) is 5.15. The molecule has 0 saturated heterocycles. The van der Waals surface area contributed by atoms with Gasteiger partial charge in [0.1, 0.15) is 11.3 Å². The van der Waals surface area contributed by atoms with Crippen molar-refractivity contribution in [2.24, 2.45) is 0 Å². The molecule has 3 rings (SSSR count). The van der Waals surface area contributed by atoms with Crippen molar-refractivity contribution in [1.82, 2.24) is 15.6 Å². The van der Waals surface area contributed by atoms with Crippen molar-refractivity contribution in [2.75, 3.05) is 6.61 Å². The van der Waals surface area contributed by atoms with Gasteiger partial charge in [0.2, 0.25) is 0 Å². The van der Waals surface area contributed by atoms with Gasteiger partial charge in [0.15, 0.2) is 0 Å². The second kappa shape index (κ2) is 10.9. The maximum absolute atomic E-state index is 12.9. The highest BCUT2D eigenvalue weighted by Crippen LogP contribution is 2.32. The molecule has 0 bridgehead atoms. The fourth-order valence-corrected chi connectivity index (χ4v) is 4.12. The van der Waals surface area contributed by atoms with Crippen LogP contribution < -0.4 is 10.6 Å². The van der Waals surface area contributed by atoms with E-state index in [1.807, 2.05) is 25.1 Å². The number of nitrogens with one attached hydrogen (secondary N) is 3. The van der Waals surface area contributed by atoms with Gasteiger partial charge in [-0.2, -0.15) is 0 Å². The first kappa shape index (κ1) is 26.3.